The third-order valence-corrected chi connectivity index (χ3v) is 9.08. The minimum atomic E-state index is 0.576. The van der Waals surface area contributed by atoms with Gasteiger partial charge in [0.2, 0.25) is 0 Å². The van der Waals surface area contributed by atoms with Crippen molar-refractivity contribution in [3.05, 3.63) is 0 Å². The standard InChI is InChI=1S/C29H58N2/c1-18(2)24-13-11-14-25(19(3)4)28(24)30-22(9)17-23(10)31-29-26(20(5)6)15-12-16-27(29)21(7)8/h18-31H,11-17H2,1-10H3. The zero-order chi connectivity index (χ0) is 23.3. The first-order valence-corrected chi connectivity index (χ1v) is 14.0. The van der Waals surface area contributed by atoms with E-state index in [4.69, 9.17) is 0 Å². The fourth-order valence-corrected chi connectivity index (χ4v) is 7.34. The summed E-state index contributed by atoms with van der Waals surface area (Å²) < 4.78 is 0. The van der Waals surface area contributed by atoms with Crippen LogP contribution in [0.25, 0.3) is 0 Å². The quantitative estimate of drug-likeness (QED) is 0.371. The number of hydrogen-bond donors (Lipinski definition) is 2. The second-order valence-electron chi connectivity index (χ2n) is 12.9. The highest BCUT2D eigenvalue weighted by molar-refractivity contribution is 4.94. The lowest BCUT2D eigenvalue weighted by Crippen LogP contribution is -2.54. The summed E-state index contributed by atoms with van der Waals surface area (Å²) in [6, 6.07) is 2.54. The largest absolute Gasteiger partial charge is 0.311 e. The minimum absolute atomic E-state index is 0.576. The van der Waals surface area contributed by atoms with E-state index in [9.17, 15) is 0 Å². The molecule has 0 aromatic heterocycles. The van der Waals surface area contributed by atoms with Crippen LogP contribution in [0, 0.1) is 47.3 Å². The van der Waals surface area contributed by atoms with Crippen LogP contribution in [0.2, 0.25) is 0 Å². The van der Waals surface area contributed by atoms with Crippen molar-refractivity contribution in [2.45, 2.75) is 138 Å². The molecular formula is C29H58N2. The SMILES string of the molecule is CC(CC(C)NC1C(C(C)C)CCCC1C(C)C)NC1C(C(C)C)CCCC1C(C)C. The van der Waals surface area contributed by atoms with E-state index in [2.05, 4.69) is 79.9 Å². The van der Waals surface area contributed by atoms with E-state index in [0.29, 0.717) is 24.2 Å². The highest BCUT2D eigenvalue weighted by Crippen LogP contribution is 2.39. The van der Waals surface area contributed by atoms with Gasteiger partial charge in [-0.05, 0) is 93.3 Å². The Balaban J connectivity index is 2.01. The summed E-state index contributed by atoms with van der Waals surface area (Å²) in [7, 11) is 0. The van der Waals surface area contributed by atoms with E-state index >= 15 is 0 Å². The van der Waals surface area contributed by atoms with Gasteiger partial charge in [0.15, 0.2) is 0 Å². The Morgan fingerprint density at radius 1 is 0.484 bits per heavy atom. The first-order chi connectivity index (χ1) is 14.5. The Bertz CT molecular complexity index is 421. The van der Waals surface area contributed by atoms with E-state index in [-0.39, 0.29) is 0 Å². The summed E-state index contributed by atoms with van der Waals surface area (Å²) in [5.74, 6) is 6.46. The number of hydrogen-bond acceptors (Lipinski definition) is 2. The highest BCUT2D eigenvalue weighted by atomic mass is 15.0. The molecule has 0 radical (unpaired) electrons. The van der Waals surface area contributed by atoms with Crippen LogP contribution in [0.5, 0.6) is 0 Å². The molecule has 2 fully saturated rings. The molecule has 2 rings (SSSR count). The molecule has 0 aromatic rings. The van der Waals surface area contributed by atoms with Gasteiger partial charge in [-0.25, -0.2) is 0 Å². The second-order valence-corrected chi connectivity index (χ2v) is 12.9. The molecule has 2 N–H and O–H groups in total. The Hall–Kier alpha value is -0.0800. The van der Waals surface area contributed by atoms with Crippen molar-refractivity contribution in [2.75, 3.05) is 0 Å². The molecule has 2 heteroatoms. The molecule has 0 aromatic carbocycles. The van der Waals surface area contributed by atoms with E-state index in [1.54, 1.807) is 0 Å². The lowest BCUT2D eigenvalue weighted by atomic mass is 9.68. The fourth-order valence-electron chi connectivity index (χ4n) is 7.34. The Morgan fingerprint density at radius 3 is 0.968 bits per heavy atom. The molecule has 184 valence electrons. The molecule has 0 saturated heterocycles. The molecule has 2 aliphatic rings. The first kappa shape index (κ1) is 27.2. The van der Waals surface area contributed by atoms with Crippen LogP contribution in [0.3, 0.4) is 0 Å². The molecule has 6 unspecified atom stereocenters. The lowest BCUT2D eigenvalue weighted by Gasteiger charge is -2.45. The van der Waals surface area contributed by atoms with Crippen molar-refractivity contribution < 1.29 is 0 Å². The predicted molar refractivity (Wildman–Crippen MR) is 138 cm³/mol. The fraction of sp³-hybridized carbons (Fsp3) is 1.00. The Labute approximate surface area is 196 Å². The first-order valence-electron chi connectivity index (χ1n) is 14.0. The predicted octanol–water partition coefficient (Wildman–Crippen LogP) is 7.53. The van der Waals surface area contributed by atoms with E-state index in [1.165, 1.54) is 44.9 Å². The van der Waals surface area contributed by atoms with Crippen LogP contribution in [0.15, 0.2) is 0 Å². The van der Waals surface area contributed by atoms with Gasteiger partial charge in [-0.1, -0.05) is 68.2 Å². The topological polar surface area (TPSA) is 24.1 Å². The molecule has 0 bridgehead atoms. The molecule has 0 amide bonds. The van der Waals surface area contributed by atoms with Gasteiger partial charge in [-0.3, -0.25) is 0 Å². The van der Waals surface area contributed by atoms with Crippen LogP contribution in [0.1, 0.15) is 114 Å². The summed E-state index contributed by atoms with van der Waals surface area (Å²) >= 11 is 0. The lowest BCUT2D eigenvalue weighted by molar-refractivity contribution is 0.0928. The molecule has 2 aliphatic carbocycles. The van der Waals surface area contributed by atoms with E-state index in [1.807, 2.05) is 0 Å². The third kappa shape index (κ3) is 7.46. The van der Waals surface area contributed by atoms with Crippen molar-refractivity contribution in [2.24, 2.45) is 47.3 Å². The monoisotopic (exact) mass is 434 g/mol. The van der Waals surface area contributed by atoms with Gasteiger partial charge >= 0.3 is 0 Å². The van der Waals surface area contributed by atoms with Crippen LogP contribution < -0.4 is 10.6 Å². The Morgan fingerprint density at radius 2 is 0.742 bits per heavy atom. The summed E-state index contributed by atoms with van der Waals surface area (Å²) in [4.78, 5) is 0. The molecule has 31 heavy (non-hydrogen) atoms. The average Bonchev–Trinajstić information content (AvgIpc) is 2.67. The molecule has 0 spiro atoms. The minimum Gasteiger partial charge on any atom is -0.311 e. The number of nitrogens with one attached hydrogen (secondary N) is 2. The van der Waals surface area contributed by atoms with Crippen molar-refractivity contribution in [3.8, 4) is 0 Å². The number of rotatable bonds is 10. The van der Waals surface area contributed by atoms with Gasteiger partial charge in [0.1, 0.15) is 0 Å². The normalized spacial score (nSPS) is 34.6. The van der Waals surface area contributed by atoms with Gasteiger partial charge in [0, 0.05) is 24.2 Å². The molecule has 0 aliphatic heterocycles. The Kier molecular flexibility index (Phi) is 10.9. The summed E-state index contributed by atoms with van der Waals surface area (Å²) in [5.41, 5.74) is 0. The maximum Gasteiger partial charge on any atom is 0.0131 e. The van der Waals surface area contributed by atoms with E-state index < -0.39 is 0 Å². The van der Waals surface area contributed by atoms with Crippen molar-refractivity contribution in [1.82, 2.24) is 10.6 Å². The van der Waals surface area contributed by atoms with Crippen LogP contribution in [-0.4, -0.2) is 24.2 Å². The van der Waals surface area contributed by atoms with E-state index in [0.717, 1.165) is 47.3 Å². The van der Waals surface area contributed by atoms with Crippen LogP contribution in [-0.2, 0) is 0 Å². The maximum absolute atomic E-state index is 4.18. The zero-order valence-electron chi connectivity index (χ0n) is 22.9. The van der Waals surface area contributed by atoms with Crippen molar-refractivity contribution >= 4 is 0 Å². The van der Waals surface area contributed by atoms with Crippen molar-refractivity contribution in [1.29, 1.82) is 0 Å². The molecule has 2 nitrogen and oxygen atoms in total. The summed E-state index contributed by atoms with van der Waals surface area (Å²) in [6.45, 7) is 24.4. The van der Waals surface area contributed by atoms with Crippen LogP contribution in [0.4, 0.5) is 0 Å². The van der Waals surface area contributed by atoms with Crippen LogP contribution >= 0.6 is 0 Å². The molecular weight excluding hydrogens is 376 g/mol. The van der Waals surface area contributed by atoms with Gasteiger partial charge < -0.3 is 10.6 Å². The molecule has 2 saturated carbocycles. The maximum atomic E-state index is 4.18. The molecule has 0 heterocycles. The van der Waals surface area contributed by atoms with Gasteiger partial charge in [0.25, 0.3) is 0 Å². The average molecular weight is 435 g/mol. The zero-order valence-corrected chi connectivity index (χ0v) is 22.9. The smallest absolute Gasteiger partial charge is 0.0131 e. The highest BCUT2D eigenvalue weighted by Gasteiger charge is 2.38. The van der Waals surface area contributed by atoms with Gasteiger partial charge in [0.05, 0.1) is 0 Å². The summed E-state index contributed by atoms with van der Waals surface area (Å²) in [6.07, 6.45) is 9.72. The second kappa shape index (κ2) is 12.4. The molecule has 6 atom stereocenters. The van der Waals surface area contributed by atoms with Crippen molar-refractivity contribution in [3.63, 3.8) is 0 Å². The van der Waals surface area contributed by atoms with Gasteiger partial charge in [-0.2, -0.15) is 0 Å². The van der Waals surface area contributed by atoms with Gasteiger partial charge in [-0.15, -0.1) is 0 Å². The third-order valence-electron chi connectivity index (χ3n) is 9.08. The summed E-state index contributed by atoms with van der Waals surface area (Å²) in [5, 5.41) is 8.36.